The van der Waals surface area contributed by atoms with Gasteiger partial charge >= 0.3 is 5.97 Å². The predicted molar refractivity (Wildman–Crippen MR) is 73.8 cm³/mol. The van der Waals surface area contributed by atoms with Crippen molar-refractivity contribution < 1.29 is 14.6 Å². The highest BCUT2D eigenvalue weighted by Gasteiger charge is 2.11. The Morgan fingerprint density at radius 3 is 3.00 bits per heavy atom. The Labute approximate surface area is 111 Å². The topological polar surface area (TPSA) is 49.8 Å². The molecule has 0 saturated carbocycles. The summed E-state index contributed by atoms with van der Waals surface area (Å²) in [4.78, 5) is 13.9. The molecular formula is C13H19NO3S. The molecule has 0 aliphatic rings. The number of rotatable bonds is 7. The molecule has 0 saturated heterocycles. The monoisotopic (exact) mass is 269 g/mol. The summed E-state index contributed by atoms with van der Waals surface area (Å²) in [6.07, 6.45) is 2.81. The van der Waals surface area contributed by atoms with E-state index in [4.69, 9.17) is 9.84 Å². The zero-order valence-electron chi connectivity index (χ0n) is 10.9. The van der Waals surface area contributed by atoms with Crippen LogP contribution in [0, 0.1) is 0 Å². The molecule has 0 aromatic carbocycles. The number of ether oxygens (including phenoxy) is 1. The molecule has 0 fully saturated rings. The molecule has 1 aromatic heterocycles. The summed E-state index contributed by atoms with van der Waals surface area (Å²) in [5, 5.41) is 10.6. The highest BCUT2D eigenvalue weighted by atomic mass is 32.1. The lowest BCUT2D eigenvalue weighted by atomic mass is 10.2. The molecule has 1 atom stereocenters. The Morgan fingerprint density at radius 1 is 1.67 bits per heavy atom. The third-order valence-corrected chi connectivity index (χ3v) is 3.66. The van der Waals surface area contributed by atoms with Gasteiger partial charge in [0.25, 0.3) is 0 Å². The molecule has 1 rings (SSSR count). The number of thiophene rings is 1. The second-order valence-electron chi connectivity index (χ2n) is 4.19. The van der Waals surface area contributed by atoms with E-state index in [1.807, 2.05) is 18.5 Å². The van der Waals surface area contributed by atoms with Crippen molar-refractivity contribution in [3.63, 3.8) is 0 Å². The average molecular weight is 269 g/mol. The van der Waals surface area contributed by atoms with Crippen molar-refractivity contribution in [1.29, 1.82) is 0 Å². The molecule has 4 nitrogen and oxygen atoms in total. The molecule has 1 aromatic rings. The number of carbonyl (C=O) groups is 1. The predicted octanol–water partition coefficient (Wildman–Crippen LogP) is 2.31. The molecule has 0 bridgehead atoms. The van der Waals surface area contributed by atoms with Crippen LogP contribution < -0.4 is 0 Å². The van der Waals surface area contributed by atoms with Gasteiger partial charge in [-0.05, 0) is 37.1 Å². The van der Waals surface area contributed by atoms with Crippen molar-refractivity contribution in [2.75, 3.05) is 20.8 Å². The van der Waals surface area contributed by atoms with Crippen LogP contribution in [-0.4, -0.2) is 42.8 Å². The van der Waals surface area contributed by atoms with Gasteiger partial charge in [-0.1, -0.05) is 0 Å². The first-order valence-electron chi connectivity index (χ1n) is 5.71. The third kappa shape index (κ3) is 4.60. The fourth-order valence-electron chi connectivity index (χ4n) is 1.54. The Balaban J connectivity index is 2.67. The summed E-state index contributed by atoms with van der Waals surface area (Å²) in [6.45, 7) is 3.58. The fourth-order valence-corrected chi connectivity index (χ4v) is 2.47. The van der Waals surface area contributed by atoms with E-state index in [9.17, 15) is 4.79 Å². The van der Waals surface area contributed by atoms with Gasteiger partial charge < -0.3 is 9.84 Å². The molecule has 0 spiro atoms. The van der Waals surface area contributed by atoms with E-state index in [-0.39, 0.29) is 0 Å². The average Bonchev–Trinajstić information content (AvgIpc) is 2.74. The Morgan fingerprint density at radius 2 is 2.39 bits per heavy atom. The molecule has 18 heavy (non-hydrogen) atoms. The normalized spacial score (nSPS) is 13.3. The highest BCUT2D eigenvalue weighted by Crippen LogP contribution is 2.20. The van der Waals surface area contributed by atoms with Crippen LogP contribution in [0.3, 0.4) is 0 Å². The second-order valence-corrected chi connectivity index (χ2v) is 5.19. The molecule has 5 heteroatoms. The summed E-state index contributed by atoms with van der Waals surface area (Å²) in [6, 6.07) is 2.27. The van der Waals surface area contributed by atoms with Crippen molar-refractivity contribution >= 4 is 23.4 Å². The first-order chi connectivity index (χ1) is 8.54. The SMILES string of the molecule is COCC(C)N(C)Cc1sccc1/C=C/C(=O)O. The minimum absolute atomic E-state index is 0.327. The minimum atomic E-state index is -0.923. The summed E-state index contributed by atoms with van der Waals surface area (Å²) in [5.74, 6) is -0.923. The Bertz CT molecular complexity index is 414. The first-order valence-corrected chi connectivity index (χ1v) is 6.59. The summed E-state index contributed by atoms with van der Waals surface area (Å²) in [5.41, 5.74) is 0.971. The first kappa shape index (κ1) is 14.9. The van der Waals surface area contributed by atoms with Crippen LogP contribution in [0.4, 0.5) is 0 Å². The maximum absolute atomic E-state index is 10.5. The quantitative estimate of drug-likeness (QED) is 0.772. The van der Waals surface area contributed by atoms with Crippen molar-refractivity contribution in [2.24, 2.45) is 0 Å². The smallest absolute Gasteiger partial charge is 0.328 e. The van der Waals surface area contributed by atoms with Gasteiger partial charge in [-0.2, -0.15) is 0 Å². The van der Waals surface area contributed by atoms with Crippen LogP contribution in [0.1, 0.15) is 17.4 Å². The van der Waals surface area contributed by atoms with Gasteiger partial charge in [-0.25, -0.2) is 4.79 Å². The van der Waals surface area contributed by atoms with E-state index < -0.39 is 5.97 Å². The van der Waals surface area contributed by atoms with E-state index >= 15 is 0 Å². The van der Waals surface area contributed by atoms with Gasteiger partial charge in [-0.15, -0.1) is 11.3 Å². The number of likely N-dealkylation sites (N-methyl/N-ethyl adjacent to an activating group) is 1. The number of carboxylic acids is 1. The number of hydrogen-bond acceptors (Lipinski definition) is 4. The van der Waals surface area contributed by atoms with Crippen LogP contribution in [0.5, 0.6) is 0 Å². The number of aliphatic carboxylic acids is 1. The zero-order chi connectivity index (χ0) is 13.5. The molecule has 1 unspecified atom stereocenters. The van der Waals surface area contributed by atoms with Crippen LogP contribution in [0.15, 0.2) is 17.5 Å². The lowest BCUT2D eigenvalue weighted by molar-refractivity contribution is -0.131. The fraction of sp³-hybridized carbons (Fsp3) is 0.462. The minimum Gasteiger partial charge on any atom is -0.478 e. The van der Waals surface area contributed by atoms with Crippen LogP contribution in [-0.2, 0) is 16.1 Å². The summed E-state index contributed by atoms with van der Waals surface area (Å²) >= 11 is 1.64. The number of nitrogens with zero attached hydrogens (tertiary/aromatic N) is 1. The molecule has 0 amide bonds. The van der Waals surface area contributed by atoms with Crippen molar-refractivity contribution in [3.8, 4) is 0 Å². The van der Waals surface area contributed by atoms with Crippen LogP contribution in [0.25, 0.3) is 6.08 Å². The number of carboxylic acid groups (broad SMARTS) is 1. The molecule has 0 radical (unpaired) electrons. The van der Waals surface area contributed by atoms with E-state index in [0.717, 1.165) is 17.0 Å². The molecular weight excluding hydrogens is 250 g/mol. The Hall–Kier alpha value is -1.17. The van der Waals surface area contributed by atoms with E-state index in [1.54, 1.807) is 24.5 Å². The van der Waals surface area contributed by atoms with E-state index in [0.29, 0.717) is 12.6 Å². The van der Waals surface area contributed by atoms with Gasteiger partial charge in [0.2, 0.25) is 0 Å². The largest absolute Gasteiger partial charge is 0.478 e. The molecule has 0 aliphatic heterocycles. The molecule has 1 N–H and O–H groups in total. The van der Waals surface area contributed by atoms with Crippen LogP contribution >= 0.6 is 11.3 Å². The van der Waals surface area contributed by atoms with Crippen molar-refractivity contribution in [2.45, 2.75) is 19.5 Å². The van der Waals surface area contributed by atoms with Crippen molar-refractivity contribution in [3.05, 3.63) is 28.0 Å². The van der Waals surface area contributed by atoms with Crippen molar-refractivity contribution in [1.82, 2.24) is 4.90 Å². The third-order valence-electron chi connectivity index (χ3n) is 2.74. The lowest BCUT2D eigenvalue weighted by Crippen LogP contribution is -2.32. The van der Waals surface area contributed by atoms with E-state index in [1.165, 1.54) is 6.08 Å². The lowest BCUT2D eigenvalue weighted by Gasteiger charge is -2.23. The van der Waals surface area contributed by atoms with Crippen LogP contribution in [0.2, 0.25) is 0 Å². The maximum Gasteiger partial charge on any atom is 0.328 e. The maximum atomic E-state index is 10.5. The van der Waals surface area contributed by atoms with Gasteiger partial charge in [0.15, 0.2) is 0 Å². The van der Waals surface area contributed by atoms with Gasteiger partial charge in [0.05, 0.1) is 6.61 Å². The van der Waals surface area contributed by atoms with Gasteiger partial charge in [0.1, 0.15) is 0 Å². The second kappa shape index (κ2) is 7.31. The summed E-state index contributed by atoms with van der Waals surface area (Å²) in [7, 11) is 3.73. The Kier molecular flexibility index (Phi) is 6.04. The number of methoxy groups -OCH3 is 1. The van der Waals surface area contributed by atoms with Gasteiger partial charge in [0, 0.05) is 30.6 Å². The number of hydrogen-bond donors (Lipinski definition) is 1. The van der Waals surface area contributed by atoms with E-state index in [2.05, 4.69) is 11.8 Å². The molecule has 0 aliphatic carbocycles. The summed E-state index contributed by atoms with van der Waals surface area (Å²) < 4.78 is 5.12. The molecule has 100 valence electrons. The highest BCUT2D eigenvalue weighted by molar-refractivity contribution is 7.10. The zero-order valence-corrected chi connectivity index (χ0v) is 11.7. The van der Waals surface area contributed by atoms with Gasteiger partial charge in [-0.3, -0.25) is 4.90 Å². The molecule has 1 heterocycles. The standard InChI is InChI=1S/C13H19NO3S/c1-10(9-17-3)14(2)8-12-11(6-7-18-12)4-5-13(15)16/h4-7,10H,8-9H2,1-3H3,(H,15,16)/b5-4+.